The van der Waals surface area contributed by atoms with Crippen molar-refractivity contribution in [1.82, 2.24) is 5.32 Å². The average Bonchev–Trinajstić information content (AvgIpc) is 2.68. The van der Waals surface area contributed by atoms with Crippen molar-refractivity contribution in [2.45, 2.75) is 46.0 Å². The maximum absolute atomic E-state index is 11.9. The van der Waals surface area contributed by atoms with Gasteiger partial charge in [0, 0.05) is 6.42 Å². The van der Waals surface area contributed by atoms with Gasteiger partial charge >= 0.3 is 0 Å². The first kappa shape index (κ1) is 22.5. The monoisotopic (exact) mass is 397 g/mol. The van der Waals surface area contributed by atoms with Gasteiger partial charge in [0.25, 0.3) is 5.91 Å². The van der Waals surface area contributed by atoms with Crippen molar-refractivity contribution in [2.24, 2.45) is 0 Å². The molecule has 1 N–H and O–H groups in total. The Bertz CT molecular complexity index is 789. The van der Waals surface area contributed by atoms with Gasteiger partial charge in [-0.3, -0.25) is 4.79 Å². The van der Waals surface area contributed by atoms with Gasteiger partial charge < -0.3 is 19.6 Å². The van der Waals surface area contributed by atoms with Gasteiger partial charge in [-0.05, 0) is 54.2 Å². The van der Waals surface area contributed by atoms with Crippen LogP contribution in [0.3, 0.4) is 0 Å². The van der Waals surface area contributed by atoms with E-state index in [1.807, 2.05) is 36.4 Å². The molecule has 0 aliphatic heterocycles. The first-order chi connectivity index (χ1) is 13.7. The van der Waals surface area contributed by atoms with Crippen molar-refractivity contribution in [1.29, 1.82) is 0 Å². The Labute approximate surface area is 173 Å². The minimum atomic E-state index is -0.197. The predicted octanol–water partition coefficient (Wildman–Crippen LogP) is 4.08. The predicted molar refractivity (Wildman–Crippen MR) is 115 cm³/mol. The molecule has 0 fully saturated rings. The summed E-state index contributed by atoms with van der Waals surface area (Å²) in [6.07, 6.45) is 1.25. The zero-order chi connectivity index (χ0) is 21.3. The Balaban J connectivity index is 1.64. The molecule has 0 aromatic heterocycles. The molecule has 2 aromatic carbocycles. The van der Waals surface area contributed by atoms with E-state index in [1.54, 1.807) is 6.92 Å². The maximum atomic E-state index is 11.9. The highest BCUT2D eigenvalue weighted by molar-refractivity contribution is 5.77. The van der Waals surface area contributed by atoms with Gasteiger partial charge in [0.15, 0.2) is 6.61 Å². The number of hydrogen-bond acceptors (Lipinski definition) is 4. The lowest BCUT2D eigenvalue weighted by Crippen LogP contribution is -2.32. The van der Waals surface area contributed by atoms with E-state index < -0.39 is 0 Å². The average molecular weight is 398 g/mol. The van der Waals surface area contributed by atoms with Crippen LogP contribution < -0.4 is 14.8 Å². The molecule has 1 amide bonds. The summed E-state index contributed by atoms with van der Waals surface area (Å²) in [6, 6.07) is 15.5. The molecule has 0 saturated carbocycles. The van der Waals surface area contributed by atoms with Crippen LogP contribution in [0.5, 0.6) is 11.5 Å². The first-order valence-electron chi connectivity index (χ1n) is 9.95. The molecule has 0 aliphatic carbocycles. The number of hydrogen-bond donors (Lipinski definition) is 1. The Morgan fingerprint density at radius 1 is 0.897 bits per heavy atom. The summed E-state index contributed by atoms with van der Waals surface area (Å²) in [5.74, 6) is 1.39. The molecule has 0 spiro atoms. The van der Waals surface area contributed by atoms with E-state index in [4.69, 9.17) is 9.47 Å². The molecule has 0 saturated heterocycles. The molecule has 29 heavy (non-hydrogen) atoms. The SMILES string of the molecule is CC(=O)CCc1ccc(OCC(=O)NCCOc2ccc(C(C)(C)C)cc2)cc1. The lowest BCUT2D eigenvalue weighted by Gasteiger charge is -2.19. The number of rotatable bonds is 10. The summed E-state index contributed by atoms with van der Waals surface area (Å²) < 4.78 is 11.1. The fourth-order valence-electron chi connectivity index (χ4n) is 2.68. The summed E-state index contributed by atoms with van der Waals surface area (Å²) >= 11 is 0. The number of benzene rings is 2. The number of ketones is 1. The van der Waals surface area contributed by atoms with Crippen LogP contribution in [0.4, 0.5) is 0 Å². The second kappa shape index (κ2) is 10.6. The highest BCUT2D eigenvalue weighted by Crippen LogP contribution is 2.24. The van der Waals surface area contributed by atoms with Crippen LogP contribution in [0.25, 0.3) is 0 Å². The van der Waals surface area contributed by atoms with Gasteiger partial charge in [-0.1, -0.05) is 45.0 Å². The quantitative estimate of drug-likeness (QED) is 0.614. The molecule has 0 radical (unpaired) electrons. The Hall–Kier alpha value is -2.82. The van der Waals surface area contributed by atoms with Crippen LogP contribution in [0, 0.1) is 0 Å². The number of ether oxygens (including phenoxy) is 2. The van der Waals surface area contributed by atoms with Crippen LogP contribution >= 0.6 is 0 Å². The van der Waals surface area contributed by atoms with Gasteiger partial charge in [-0.25, -0.2) is 0 Å². The molecular weight excluding hydrogens is 366 g/mol. The Morgan fingerprint density at radius 3 is 2.07 bits per heavy atom. The Morgan fingerprint density at radius 2 is 1.48 bits per heavy atom. The van der Waals surface area contributed by atoms with E-state index >= 15 is 0 Å². The van der Waals surface area contributed by atoms with Gasteiger partial charge in [-0.15, -0.1) is 0 Å². The zero-order valence-corrected chi connectivity index (χ0v) is 17.8. The summed E-state index contributed by atoms with van der Waals surface area (Å²) in [7, 11) is 0. The van der Waals surface area contributed by atoms with Crippen LogP contribution in [-0.2, 0) is 21.4 Å². The Kier molecular flexibility index (Phi) is 8.25. The number of aryl methyl sites for hydroxylation is 1. The van der Waals surface area contributed by atoms with Crippen molar-refractivity contribution >= 4 is 11.7 Å². The van der Waals surface area contributed by atoms with Crippen molar-refractivity contribution in [3.05, 3.63) is 59.7 Å². The highest BCUT2D eigenvalue weighted by atomic mass is 16.5. The number of carbonyl (C=O) groups excluding carboxylic acids is 2. The molecule has 0 heterocycles. The van der Waals surface area contributed by atoms with Crippen molar-refractivity contribution in [3.8, 4) is 11.5 Å². The number of nitrogens with one attached hydrogen (secondary N) is 1. The number of amides is 1. The second-order valence-electron chi connectivity index (χ2n) is 8.11. The molecule has 2 aromatic rings. The molecule has 0 aliphatic rings. The van der Waals surface area contributed by atoms with E-state index in [9.17, 15) is 9.59 Å². The summed E-state index contributed by atoms with van der Waals surface area (Å²) in [5.41, 5.74) is 2.44. The van der Waals surface area contributed by atoms with Crippen LogP contribution in [0.15, 0.2) is 48.5 Å². The fourth-order valence-corrected chi connectivity index (χ4v) is 2.68. The normalized spacial score (nSPS) is 11.0. The third-order valence-corrected chi connectivity index (χ3v) is 4.47. The van der Waals surface area contributed by atoms with Crippen molar-refractivity contribution < 1.29 is 19.1 Å². The number of carbonyl (C=O) groups is 2. The molecule has 0 bridgehead atoms. The largest absolute Gasteiger partial charge is 0.492 e. The maximum Gasteiger partial charge on any atom is 0.258 e. The number of Topliss-reactive ketones (excluding diaryl/α,β-unsaturated/α-hetero) is 1. The van der Waals surface area contributed by atoms with Gasteiger partial charge in [0.05, 0.1) is 6.54 Å². The summed E-state index contributed by atoms with van der Waals surface area (Å²) in [5, 5.41) is 2.78. The van der Waals surface area contributed by atoms with E-state index in [0.717, 1.165) is 17.7 Å². The molecule has 0 atom stereocenters. The van der Waals surface area contributed by atoms with Crippen molar-refractivity contribution in [2.75, 3.05) is 19.8 Å². The summed E-state index contributed by atoms with van der Waals surface area (Å²) in [4.78, 5) is 22.9. The highest BCUT2D eigenvalue weighted by Gasteiger charge is 2.13. The standard InChI is InChI=1S/C24H31NO4/c1-18(26)5-6-19-7-11-22(12-8-19)29-17-23(27)25-15-16-28-21-13-9-20(10-14-21)24(2,3)4/h7-14H,5-6,15-17H2,1-4H3,(H,25,27). The van der Waals surface area contributed by atoms with Crippen LogP contribution in [0.1, 0.15) is 45.2 Å². The third-order valence-electron chi connectivity index (χ3n) is 4.47. The second-order valence-corrected chi connectivity index (χ2v) is 8.11. The molecule has 2 rings (SSSR count). The smallest absolute Gasteiger partial charge is 0.258 e. The minimum Gasteiger partial charge on any atom is -0.492 e. The topological polar surface area (TPSA) is 64.6 Å². The van der Waals surface area contributed by atoms with Gasteiger partial charge in [0.1, 0.15) is 23.9 Å². The van der Waals surface area contributed by atoms with E-state index in [1.165, 1.54) is 5.56 Å². The van der Waals surface area contributed by atoms with E-state index in [-0.39, 0.29) is 23.7 Å². The van der Waals surface area contributed by atoms with Crippen LogP contribution in [0.2, 0.25) is 0 Å². The first-order valence-corrected chi connectivity index (χ1v) is 9.95. The fraction of sp³-hybridized carbons (Fsp3) is 0.417. The van der Waals surface area contributed by atoms with Gasteiger partial charge in [0.2, 0.25) is 0 Å². The molecule has 5 nitrogen and oxygen atoms in total. The van der Waals surface area contributed by atoms with E-state index in [0.29, 0.717) is 25.3 Å². The summed E-state index contributed by atoms with van der Waals surface area (Å²) in [6.45, 7) is 8.85. The third kappa shape index (κ3) is 8.38. The van der Waals surface area contributed by atoms with E-state index in [2.05, 4.69) is 38.2 Å². The van der Waals surface area contributed by atoms with Crippen molar-refractivity contribution in [3.63, 3.8) is 0 Å². The molecule has 0 unspecified atom stereocenters. The zero-order valence-electron chi connectivity index (χ0n) is 17.8. The lowest BCUT2D eigenvalue weighted by molar-refractivity contribution is -0.123. The minimum absolute atomic E-state index is 0.0485. The molecular formula is C24H31NO4. The van der Waals surface area contributed by atoms with Crippen LogP contribution in [-0.4, -0.2) is 31.4 Å². The molecule has 156 valence electrons. The lowest BCUT2D eigenvalue weighted by atomic mass is 9.87. The molecule has 5 heteroatoms. The van der Waals surface area contributed by atoms with Gasteiger partial charge in [-0.2, -0.15) is 0 Å².